The fraction of sp³-hybridized carbons (Fsp3) is 0.238. The summed E-state index contributed by atoms with van der Waals surface area (Å²) in [4.78, 5) is 11.9. The highest BCUT2D eigenvalue weighted by molar-refractivity contribution is 6.32. The van der Waals surface area contributed by atoms with Crippen molar-refractivity contribution < 1.29 is 19.0 Å². The van der Waals surface area contributed by atoms with Crippen LogP contribution in [-0.2, 0) is 4.79 Å². The van der Waals surface area contributed by atoms with Crippen molar-refractivity contribution in [3.63, 3.8) is 0 Å². The van der Waals surface area contributed by atoms with Crippen molar-refractivity contribution in [3.8, 4) is 29.6 Å². The summed E-state index contributed by atoms with van der Waals surface area (Å²) in [5, 5.41) is 4.23. The molecule has 2 aromatic carbocycles. The predicted octanol–water partition coefficient (Wildman–Crippen LogP) is 3.51. The molecule has 0 spiro atoms. The number of ether oxygens (including phenoxy) is 3. The van der Waals surface area contributed by atoms with E-state index < -0.39 is 0 Å². The van der Waals surface area contributed by atoms with E-state index in [0.717, 1.165) is 11.1 Å². The fourth-order valence-corrected chi connectivity index (χ4v) is 2.72. The number of carbonyl (C=O) groups excluding carboxylic acids is 1. The van der Waals surface area contributed by atoms with Crippen molar-refractivity contribution in [1.82, 2.24) is 5.43 Å². The monoisotopic (exact) mass is 400 g/mol. The molecule has 7 heteroatoms. The number of carbonyl (C=O) groups is 1. The van der Waals surface area contributed by atoms with Crippen molar-refractivity contribution in [2.24, 2.45) is 5.10 Å². The maximum atomic E-state index is 11.9. The second kappa shape index (κ2) is 10.2. The fourth-order valence-electron chi connectivity index (χ4n) is 2.44. The number of nitrogens with zero attached hydrogens (tertiary/aromatic N) is 1. The van der Waals surface area contributed by atoms with Gasteiger partial charge in [-0.25, -0.2) is 5.43 Å². The Morgan fingerprint density at radius 1 is 1.21 bits per heavy atom. The number of methoxy groups -OCH3 is 1. The van der Waals surface area contributed by atoms with Gasteiger partial charge in [-0.2, -0.15) is 5.10 Å². The first-order valence-corrected chi connectivity index (χ1v) is 8.77. The van der Waals surface area contributed by atoms with E-state index in [1.807, 2.05) is 32.0 Å². The van der Waals surface area contributed by atoms with Crippen LogP contribution < -0.4 is 19.6 Å². The van der Waals surface area contributed by atoms with Crippen LogP contribution in [0.25, 0.3) is 0 Å². The molecule has 28 heavy (non-hydrogen) atoms. The molecule has 0 aliphatic heterocycles. The Balaban J connectivity index is 1.95. The Bertz CT molecular complexity index is 899. The molecule has 0 fully saturated rings. The van der Waals surface area contributed by atoms with E-state index in [9.17, 15) is 4.79 Å². The first-order valence-electron chi connectivity index (χ1n) is 8.39. The molecule has 0 aromatic heterocycles. The van der Waals surface area contributed by atoms with Crippen LogP contribution in [0.15, 0.2) is 35.4 Å². The van der Waals surface area contributed by atoms with Crippen LogP contribution in [0.2, 0.25) is 5.02 Å². The van der Waals surface area contributed by atoms with Gasteiger partial charge in [0.25, 0.3) is 5.91 Å². The van der Waals surface area contributed by atoms with Crippen LogP contribution in [0.3, 0.4) is 0 Å². The molecule has 0 aliphatic rings. The van der Waals surface area contributed by atoms with Crippen molar-refractivity contribution in [2.75, 3.05) is 20.3 Å². The molecular weight excluding hydrogens is 380 g/mol. The van der Waals surface area contributed by atoms with E-state index in [0.29, 0.717) is 27.8 Å². The zero-order chi connectivity index (χ0) is 20.5. The predicted molar refractivity (Wildman–Crippen MR) is 109 cm³/mol. The van der Waals surface area contributed by atoms with Gasteiger partial charge in [0, 0.05) is 0 Å². The summed E-state index contributed by atoms with van der Waals surface area (Å²) >= 11 is 6.19. The SMILES string of the molecule is C#CCOc1c(Cl)cc(/C=N\NC(=O)COc2cc(C)cc(C)c2)cc1OC. The molecule has 0 atom stereocenters. The molecule has 1 amide bonds. The maximum absolute atomic E-state index is 11.9. The van der Waals surface area contributed by atoms with Crippen molar-refractivity contribution >= 4 is 23.7 Å². The first kappa shape index (κ1) is 21.1. The standard InChI is InChI=1S/C21H21ClN2O4/c1-5-6-27-21-18(22)10-16(11-19(21)26-4)12-23-24-20(25)13-28-17-8-14(2)7-15(3)9-17/h1,7-12H,6,13H2,2-4H3,(H,24,25)/b23-12-. The van der Waals surface area contributed by atoms with Gasteiger partial charge in [0.05, 0.1) is 18.3 Å². The topological polar surface area (TPSA) is 69.2 Å². The molecule has 1 N–H and O–H groups in total. The highest BCUT2D eigenvalue weighted by Crippen LogP contribution is 2.35. The summed E-state index contributed by atoms with van der Waals surface area (Å²) in [6.45, 7) is 3.85. The van der Waals surface area contributed by atoms with Crippen molar-refractivity contribution in [3.05, 3.63) is 52.0 Å². The zero-order valence-electron chi connectivity index (χ0n) is 15.9. The van der Waals surface area contributed by atoms with Crippen molar-refractivity contribution in [2.45, 2.75) is 13.8 Å². The molecular formula is C21H21ClN2O4. The highest BCUT2D eigenvalue weighted by Gasteiger charge is 2.11. The molecule has 2 aromatic rings. The van der Waals surface area contributed by atoms with Crippen molar-refractivity contribution in [1.29, 1.82) is 0 Å². The minimum Gasteiger partial charge on any atom is -0.493 e. The highest BCUT2D eigenvalue weighted by atomic mass is 35.5. The molecule has 2 rings (SSSR count). The summed E-state index contributed by atoms with van der Waals surface area (Å²) < 4.78 is 16.1. The van der Waals surface area contributed by atoms with E-state index in [-0.39, 0.29) is 19.1 Å². The van der Waals surface area contributed by atoms with Crippen LogP contribution in [0.5, 0.6) is 17.2 Å². The molecule has 0 saturated heterocycles. The van der Waals surface area contributed by atoms with Gasteiger partial charge < -0.3 is 14.2 Å². The van der Waals surface area contributed by atoms with Gasteiger partial charge in [0.2, 0.25) is 0 Å². The van der Waals surface area contributed by atoms with Crippen LogP contribution in [-0.4, -0.2) is 32.4 Å². The summed E-state index contributed by atoms with van der Waals surface area (Å²) in [6.07, 6.45) is 6.63. The Kier molecular flexibility index (Phi) is 7.73. The van der Waals surface area contributed by atoms with Gasteiger partial charge in [0.1, 0.15) is 12.4 Å². The third-order valence-corrected chi connectivity index (χ3v) is 3.80. The third kappa shape index (κ3) is 6.22. The van der Waals surface area contributed by atoms with Crippen LogP contribution in [0.1, 0.15) is 16.7 Å². The van der Waals surface area contributed by atoms with Gasteiger partial charge in [0.15, 0.2) is 18.1 Å². The Labute approximate surface area is 169 Å². The zero-order valence-corrected chi connectivity index (χ0v) is 16.7. The van der Waals surface area contributed by atoms with E-state index >= 15 is 0 Å². The summed E-state index contributed by atoms with van der Waals surface area (Å²) in [5.41, 5.74) is 5.14. The lowest BCUT2D eigenvalue weighted by Gasteiger charge is -2.11. The van der Waals surface area contributed by atoms with Gasteiger partial charge in [-0.3, -0.25) is 4.79 Å². The molecule has 0 saturated carbocycles. The number of hydrogen-bond acceptors (Lipinski definition) is 5. The maximum Gasteiger partial charge on any atom is 0.277 e. The number of hydrazone groups is 1. The lowest BCUT2D eigenvalue weighted by atomic mass is 10.1. The van der Waals surface area contributed by atoms with E-state index in [4.69, 9.17) is 32.2 Å². The molecule has 0 aliphatic carbocycles. The smallest absolute Gasteiger partial charge is 0.277 e. The quantitative estimate of drug-likeness (QED) is 0.418. The minimum atomic E-state index is -0.387. The summed E-state index contributed by atoms with van der Waals surface area (Å²) in [7, 11) is 1.49. The average molecular weight is 401 g/mol. The van der Waals surface area contributed by atoms with Gasteiger partial charge in [-0.15, -0.1) is 6.42 Å². The van der Waals surface area contributed by atoms with E-state index in [1.165, 1.54) is 13.3 Å². The van der Waals surface area contributed by atoms with Gasteiger partial charge >= 0.3 is 0 Å². The molecule has 0 bridgehead atoms. The van der Waals surface area contributed by atoms with Crippen LogP contribution in [0.4, 0.5) is 0 Å². The van der Waals surface area contributed by atoms with E-state index in [2.05, 4.69) is 16.4 Å². The number of benzene rings is 2. The second-order valence-electron chi connectivity index (χ2n) is 5.93. The second-order valence-corrected chi connectivity index (χ2v) is 6.34. The largest absolute Gasteiger partial charge is 0.493 e. The molecule has 0 radical (unpaired) electrons. The number of rotatable bonds is 8. The lowest BCUT2D eigenvalue weighted by molar-refractivity contribution is -0.123. The van der Waals surface area contributed by atoms with E-state index in [1.54, 1.807) is 12.1 Å². The molecule has 0 unspecified atom stereocenters. The van der Waals surface area contributed by atoms with Gasteiger partial charge in [-0.05, 0) is 54.8 Å². The molecule has 0 heterocycles. The van der Waals surface area contributed by atoms with Gasteiger partial charge in [-0.1, -0.05) is 23.6 Å². The van der Waals surface area contributed by atoms with Crippen LogP contribution in [0, 0.1) is 26.2 Å². The average Bonchev–Trinajstić information content (AvgIpc) is 2.64. The number of halogens is 1. The molecule has 6 nitrogen and oxygen atoms in total. The summed E-state index contributed by atoms with van der Waals surface area (Å²) in [5.74, 6) is 3.37. The Morgan fingerprint density at radius 2 is 1.93 bits per heavy atom. The molecule has 146 valence electrons. The Hall–Kier alpha value is -3.17. The number of terminal acetylenes is 1. The number of nitrogens with one attached hydrogen (secondary N) is 1. The number of amides is 1. The normalized spacial score (nSPS) is 10.4. The number of aryl methyl sites for hydroxylation is 2. The number of hydrogen-bond donors (Lipinski definition) is 1. The minimum absolute atomic E-state index is 0.0695. The van der Waals surface area contributed by atoms with Crippen LogP contribution >= 0.6 is 11.6 Å². The lowest BCUT2D eigenvalue weighted by Crippen LogP contribution is -2.24. The first-order chi connectivity index (χ1) is 13.4. The third-order valence-electron chi connectivity index (χ3n) is 3.52. The Morgan fingerprint density at radius 3 is 2.57 bits per heavy atom. The summed E-state index contributed by atoms with van der Waals surface area (Å²) in [6, 6.07) is 9.04.